The van der Waals surface area contributed by atoms with E-state index in [2.05, 4.69) is 32.0 Å². The number of rotatable bonds is 5. The second-order valence-corrected chi connectivity index (χ2v) is 9.24. The molecule has 0 aromatic heterocycles. The van der Waals surface area contributed by atoms with Gasteiger partial charge in [-0.2, -0.15) is 5.10 Å². The van der Waals surface area contributed by atoms with Gasteiger partial charge in [0.05, 0.1) is 11.8 Å². The molecular weight excluding hydrogens is 418 g/mol. The minimum absolute atomic E-state index is 0.0140. The normalized spacial score (nSPS) is 19.3. The Kier molecular flexibility index (Phi) is 5.56. The van der Waals surface area contributed by atoms with Gasteiger partial charge in [-0.25, -0.2) is 5.01 Å². The summed E-state index contributed by atoms with van der Waals surface area (Å²) in [7, 11) is 1.71. The van der Waals surface area contributed by atoms with Gasteiger partial charge in [0.25, 0.3) is 5.91 Å². The maximum atomic E-state index is 13.4. The van der Waals surface area contributed by atoms with Crippen LogP contribution in [0.3, 0.4) is 0 Å². The molecule has 2 heterocycles. The average molecular weight is 448 g/mol. The van der Waals surface area contributed by atoms with Crippen molar-refractivity contribution in [2.75, 3.05) is 20.4 Å². The van der Waals surface area contributed by atoms with E-state index in [1.165, 1.54) is 11.1 Å². The molecule has 1 aliphatic carbocycles. The number of nitrogens with zero attached hydrogens (tertiary/aromatic N) is 3. The van der Waals surface area contributed by atoms with Crippen molar-refractivity contribution in [1.82, 2.24) is 9.91 Å². The Balaban J connectivity index is 1.43. The minimum Gasteiger partial charge on any atom is -0.454 e. The summed E-state index contributed by atoms with van der Waals surface area (Å²) in [4.78, 5) is 27.5. The molecule has 172 valence electrons. The van der Waals surface area contributed by atoms with Crippen molar-refractivity contribution >= 4 is 17.5 Å². The van der Waals surface area contributed by atoms with Crippen LogP contribution in [-0.2, 0) is 9.59 Å². The Morgan fingerprint density at radius 2 is 1.85 bits per heavy atom. The van der Waals surface area contributed by atoms with Crippen molar-refractivity contribution in [3.05, 3.63) is 58.7 Å². The van der Waals surface area contributed by atoms with Crippen LogP contribution in [0.5, 0.6) is 11.5 Å². The zero-order chi connectivity index (χ0) is 23.1. The fourth-order valence-corrected chi connectivity index (χ4v) is 4.54. The van der Waals surface area contributed by atoms with E-state index in [0.29, 0.717) is 17.9 Å². The number of fused-ring (bicyclic) bond motifs is 1. The van der Waals surface area contributed by atoms with Crippen molar-refractivity contribution in [2.45, 2.75) is 45.6 Å². The van der Waals surface area contributed by atoms with Crippen LogP contribution in [0.1, 0.15) is 54.0 Å². The molecule has 3 aliphatic rings. The Morgan fingerprint density at radius 3 is 2.58 bits per heavy atom. The summed E-state index contributed by atoms with van der Waals surface area (Å²) in [5, 5.41) is 6.31. The molecule has 2 aromatic rings. The number of carbonyl (C=O) groups excluding carboxylic acids is 2. The highest BCUT2D eigenvalue weighted by molar-refractivity contribution is 6.03. The van der Waals surface area contributed by atoms with Gasteiger partial charge < -0.3 is 14.4 Å². The van der Waals surface area contributed by atoms with Crippen LogP contribution in [-0.4, -0.2) is 47.8 Å². The van der Waals surface area contributed by atoms with Crippen molar-refractivity contribution in [2.24, 2.45) is 11.0 Å². The summed E-state index contributed by atoms with van der Waals surface area (Å²) < 4.78 is 11.0. The molecule has 1 fully saturated rings. The van der Waals surface area contributed by atoms with Gasteiger partial charge in [-0.05, 0) is 67.1 Å². The topological polar surface area (TPSA) is 71.4 Å². The minimum atomic E-state index is -0.268. The smallest absolute Gasteiger partial charge is 0.262 e. The average Bonchev–Trinajstić information content (AvgIpc) is 3.41. The van der Waals surface area contributed by atoms with E-state index in [1.807, 2.05) is 18.2 Å². The summed E-state index contributed by atoms with van der Waals surface area (Å²) in [6.45, 7) is 4.37. The van der Waals surface area contributed by atoms with Gasteiger partial charge in [0.2, 0.25) is 12.7 Å². The highest BCUT2D eigenvalue weighted by atomic mass is 16.7. The summed E-state index contributed by atoms with van der Waals surface area (Å²) in [6, 6.07) is 11.7. The highest BCUT2D eigenvalue weighted by Crippen LogP contribution is 2.39. The maximum Gasteiger partial charge on any atom is 0.262 e. The predicted octanol–water partition coefficient (Wildman–Crippen LogP) is 3.97. The quantitative estimate of drug-likeness (QED) is 0.695. The monoisotopic (exact) mass is 447 g/mol. The maximum absolute atomic E-state index is 13.4. The van der Waals surface area contributed by atoms with Gasteiger partial charge in [-0.3, -0.25) is 9.59 Å². The van der Waals surface area contributed by atoms with E-state index < -0.39 is 0 Å². The molecule has 0 spiro atoms. The first kappa shape index (κ1) is 21.5. The first-order chi connectivity index (χ1) is 15.9. The lowest BCUT2D eigenvalue weighted by Gasteiger charge is -2.30. The highest BCUT2D eigenvalue weighted by Gasteiger charge is 2.36. The third kappa shape index (κ3) is 4.08. The largest absolute Gasteiger partial charge is 0.454 e. The van der Waals surface area contributed by atoms with E-state index in [9.17, 15) is 9.59 Å². The number of hydrogen-bond acceptors (Lipinski definition) is 5. The van der Waals surface area contributed by atoms with E-state index in [1.54, 1.807) is 17.0 Å². The number of benzene rings is 2. The summed E-state index contributed by atoms with van der Waals surface area (Å²) in [5.74, 6) is 1.30. The van der Waals surface area contributed by atoms with Crippen LogP contribution in [0.25, 0.3) is 0 Å². The lowest BCUT2D eigenvalue weighted by Crippen LogP contribution is -2.42. The third-order valence-corrected chi connectivity index (χ3v) is 6.99. The van der Waals surface area contributed by atoms with Gasteiger partial charge in [0.1, 0.15) is 6.54 Å². The van der Waals surface area contributed by atoms with E-state index >= 15 is 0 Å². The molecule has 1 saturated carbocycles. The molecule has 7 heteroatoms. The number of carbonyl (C=O) groups is 2. The van der Waals surface area contributed by atoms with Crippen molar-refractivity contribution in [3.8, 4) is 11.5 Å². The van der Waals surface area contributed by atoms with Crippen LogP contribution in [0.2, 0.25) is 0 Å². The summed E-state index contributed by atoms with van der Waals surface area (Å²) >= 11 is 0. The van der Waals surface area contributed by atoms with Crippen molar-refractivity contribution < 1.29 is 19.1 Å². The number of amides is 2. The Hall–Kier alpha value is -3.35. The van der Waals surface area contributed by atoms with Crippen LogP contribution in [0, 0.1) is 19.8 Å². The number of hydrazone groups is 1. The number of aryl methyl sites for hydroxylation is 2. The molecule has 0 N–H and O–H groups in total. The van der Waals surface area contributed by atoms with E-state index in [4.69, 9.17) is 14.6 Å². The SMILES string of the molecule is Cc1ccc(C2=NN(C(=O)CN(C)C(=O)C3CCC3)[C@H](c3ccc4c(c3)OCO4)C2)cc1C. The van der Waals surface area contributed by atoms with Crippen molar-refractivity contribution in [3.63, 3.8) is 0 Å². The molecule has 2 aromatic carbocycles. The molecule has 0 radical (unpaired) electrons. The Bertz CT molecular complexity index is 1140. The molecule has 0 bridgehead atoms. The van der Waals surface area contributed by atoms with E-state index in [0.717, 1.165) is 36.1 Å². The van der Waals surface area contributed by atoms with Crippen LogP contribution < -0.4 is 9.47 Å². The van der Waals surface area contributed by atoms with Gasteiger partial charge >= 0.3 is 0 Å². The van der Waals surface area contributed by atoms with Gasteiger partial charge in [0.15, 0.2) is 11.5 Å². The molecule has 0 saturated heterocycles. The van der Waals surface area contributed by atoms with Gasteiger partial charge in [-0.15, -0.1) is 0 Å². The number of ether oxygens (including phenoxy) is 2. The predicted molar refractivity (Wildman–Crippen MR) is 124 cm³/mol. The molecule has 1 atom stereocenters. The van der Waals surface area contributed by atoms with Crippen LogP contribution in [0.15, 0.2) is 41.5 Å². The van der Waals surface area contributed by atoms with Gasteiger partial charge in [0, 0.05) is 19.4 Å². The number of hydrogen-bond donors (Lipinski definition) is 0. The van der Waals surface area contributed by atoms with Gasteiger partial charge in [-0.1, -0.05) is 24.6 Å². The first-order valence-electron chi connectivity index (χ1n) is 11.5. The standard InChI is InChI=1S/C26H29N3O4/c1-16-7-8-19(11-17(16)2)21-13-22(20-9-10-23-24(12-20)33-15-32-23)29(27-21)25(30)14-28(3)26(31)18-5-4-6-18/h7-12,18,22H,4-6,13-15H2,1-3H3/t22-/m0/s1. The fraction of sp³-hybridized carbons (Fsp3) is 0.423. The Labute approximate surface area is 194 Å². The van der Waals surface area contributed by atoms with E-state index in [-0.39, 0.29) is 37.1 Å². The molecular formula is C26H29N3O4. The lowest BCUT2D eigenvalue weighted by molar-refractivity contribution is -0.144. The summed E-state index contributed by atoms with van der Waals surface area (Å²) in [6.07, 6.45) is 3.50. The zero-order valence-electron chi connectivity index (χ0n) is 19.3. The summed E-state index contributed by atoms with van der Waals surface area (Å²) in [5.41, 5.74) is 5.21. The second-order valence-electron chi connectivity index (χ2n) is 9.24. The molecule has 2 aliphatic heterocycles. The molecule has 33 heavy (non-hydrogen) atoms. The van der Waals surface area contributed by atoms with Crippen molar-refractivity contribution in [1.29, 1.82) is 0 Å². The van der Waals surface area contributed by atoms with Crippen LogP contribution in [0.4, 0.5) is 0 Å². The lowest BCUT2D eigenvalue weighted by atomic mass is 9.84. The zero-order valence-corrected chi connectivity index (χ0v) is 19.3. The fourth-order valence-electron chi connectivity index (χ4n) is 4.54. The van der Waals surface area contributed by atoms with Crippen LogP contribution >= 0.6 is 0 Å². The molecule has 0 unspecified atom stereocenters. The molecule has 2 amide bonds. The number of likely N-dealkylation sites (N-methyl/N-ethyl adjacent to an activating group) is 1. The Morgan fingerprint density at radius 1 is 1.06 bits per heavy atom. The molecule has 5 rings (SSSR count). The molecule has 7 nitrogen and oxygen atoms in total. The first-order valence-corrected chi connectivity index (χ1v) is 11.5. The third-order valence-electron chi connectivity index (χ3n) is 6.99. The second kappa shape index (κ2) is 8.54.